The van der Waals surface area contributed by atoms with E-state index in [2.05, 4.69) is 28.0 Å². The lowest BCUT2D eigenvalue weighted by molar-refractivity contribution is 0.0985. The molecule has 0 saturated heterocycles. The second-order valence-corrected chi connectivity index (χ2v) is 7.10. The monoisotopic (exact) mass is 368 g/mol. The number of benzene rings is 2. The average molecular weight is 368 g/mol. The summed E-state index contributed by atoms with van der Waals surface area (Å²) in [5.41, 5.74) is 5.83. The number of nitrogens with zero attached hydrogens (tertiary/aromatic N) is 4. The van der Waals surface area contributed by atoms with E-state index in [0.717, 1.165) is 34.9 Å². The van der Waals surface area contributed by atoms with Crippen molar-refractivity contribution in [2.24, 2.45) is 0 Å². The SMILES string of the molecule is Cc1ccn(-c2ccc(C(=O)N3Cc4cccn4Cc4ccccc43)cc2)n1. The molecular weight excluding hydrogens is 348 g/mol. The first-order valence-electron chi connectivity index (χ1n) is 9.35. The average Bonchev–Trinajstić information content (AvgIpc) is 3.32. The number of aryl methyl sites for hydroxylation is 1. The fraction of sp³-hybridized carbons (Fsp3) is 0.130. The Kier molecular flexibility index (Phi) is 3.86. The topological polar surface area (TPSA) is 43.1 Å². The zero-order valence-corrected chi connectivity index (χ0v) is 15.6. The predicted octanol–water partition coefficient (Wildman–Crippen LogP) is 4.19. The van der Waals surface area contributed by atoms with Crippen LogP contribution in [-0.2, 0) is 13.1 Å². The van der Waals surface area contributed by atoms with Crippen molar-refractivity contribution < 1.29 is 4.79 Å². The highest BCUT2D eigenvalue weighted by Crippen LogP contribution is 2.29. The summed E-state index contributed by atoms with van der Waals surface area (Å²) in [4.78, 5) is 15.3. The quantitative estimate of drug-likeness (QED) is 0.532. The number of carbonyl (C=O) groups excluding carboxylic acids is 1. The molecule has 0 unspecified atom stereocenters. The number of para-hydroxylation sites is 1. The Hall–Kier alpha value is -3.60. The number of rotatable bonds is 2. The minimum Gasteiger partial charge on any atom is -0.345 e. The van der Waals surface area contributed by atoms with Crippen molar-refractivity contribution in [2.45, 2.75) is 20.0 Å². The summed E-state index contributed by atoms with van der Waals surface area (Å²) in [5, 5.41) is 4.43. The number of aromatic nitrogens is 3. The maximum atomic E-state index is 13.4. The molecule has 0 N–H and O–H groups in total. The van der Waals surface area contributed by atoms with Crippen LogP contribution in [0.4, 0.5) is 5.69 Å². The standard InChI is InChI=1S/C23H20N4O/c1-17-12-14-27(24-17)20-10-8-18(9-11-20)23(28)26-16-21-6-4-13-25(21)15-19-5-2-3-7-22(19)26/h2-14H,15-16H2,1H3. The normalized spacial score (nSPS) is 13.0. The summed E-state index contributed by atoms with van der Waals surface area (Å²) in [6.45, 7) is 3.30. The van der Waals surface area contributed by atoms with Crippen LogP contribution < -0.4 is 4.90 Å². The minimum absolute atomic E-state index is 0.00490. The molecule has 1 amide bonds. The summed E-state index contributed by atoms with van der Waals surface area (Å²) >= 11 is 0. The summed E-state index contributed by atoms with van der Waals surface area (Å²) in [6, 6.07) is 21.8. The van der Waals surface area contributed by atoms with Crippen molar-refractivity contribution >= 4 is 11.6 Å². The van der Waals surface area contributed by atoms with Gasteiger partial charge in [0.05, 0.1) is 17.9 Å². The number of fused-ring (bicyclic) bond motifs is 2. The van der Waals surface area contributed by atoms with Gasteiger partial charge < -0.3 is 9.47 Å². The molecule has 0 spiro atoms. The smallest absolute Gasteiger partial charge is 0.258 e. The van der Waals surface area contributed by atoms with Gasteiger partial charge in [-0.2, -0.15) is 5.10 Å². The Morgan fingerprint density at radius 2 is 1.71 bits per heavy atom. The molecule has 4 aromatic rings. The lowest BCUT2D eigenvalue weighted by Crippen LogP contribution is -2.30. The molecular formula is C23H20N4O. The maximum Gasteiger partial charge on any atom is 0.258 e. The highest BCUT2D eigenvalue weighted by atomic mass is 16.2. The molecule has 0 atom stereocenters. The van der Waals surface area contributed by atoms with E-state index in [1.165, 1.54) is 0 Å². The summed E-state index contributed by atoms with van der Waals surface area (Å²) in [5.74, 6) is 0.00490. The van der Waals surface area contributed by atoms with Gasteiger partial charge in [0.2, 0.25) is 0 Å². The Bertz CT molecular complexity index is 1150. The van der Waals surface area contributed by atoms with Gasteiger partial charge in [0.25, 0.3) is 5.91 Å². The van der Waals surface area contributed by atoms with E-state index in [1.807, 2.05) is 77.3 Å². The maximum absolute atomic E-state index is 13.4. The molecule has 138 valence electrons. The summed E-state index contributed by atoms with van der Waals surface area (Å²) in [7, 11) is 0. The minimum atomic E-state index is 0.00490. The van der Waals surface area contributed by atoms with Crippen molar-refractivity contribution in [2.75, 3.05) is 4.90 Å². The van der Waals surface area contributed by atoms with Gasteiger partial charge in [-0.05, 0) is 61.0 Å². The third-order valence-corrected chi connectivity index (χ3v) is 5.21. The molecule has 0 radical (unpaired) electrons. The van der Waals surface area contributed by atoms with E-state index in [9.17, 15) is 4.79 Å². The lowest BCUT2D eigenvalue weighted by Gasteiger charge is -2.23. The molecule has 1 aliphatic heterocycles. The van der Waals surface area contributed by atoms with Crippen LogP contribution in [0.5, 0.6) is 0 Å². The van der Waals surface area contributed by atoms with E-state index in [0.29, 0.717) is 12.1 Å². The molecule has 1 aliphatic rings. The van der Waals surface area contributed by atoms with E-state index >= 15 is 0 Å². The number of amides is 1. The third kappa shape index (κ3) is 2.81. The van der Waals surface area contributed by atoms with Crippen LogP contribution in [0, 0.1) is 6.92 Å². The summed E-state index contributed by atoms with van der Waals surface area (Å²) in [6.07, 6.45) is 3.99. The third-order valence-electron chi connectivity index (χ3n) is 5.21. The van der Waals surface area contributed by atoms with Gasteiger partial charge in [-0.15, -0.1) is 0 Å². The van der Waals surface area contributed by atoms with Gasteiger partial charge >= 0.3 is 0 Å². The van der Waals surface area contributed by atoms with Gasteiger partial charge in [0.15, 0.2) is 0 Å². The molecule has 28 heavy (non-hydrogen) atoms. The van der Waals surface area contributed by atoms with E-state index in [1.54, 1.807) is 0 Å². The van der Waals surface area contributed by atoms with Gasteiger partial charge in [-0.25, -0.2) is 4.68 Å². The molecule has 2 aromatic carbocycles. The Morgan fingerprint density at radius 3 is 2.50 bits per heavy atom. The van der Waals surface area contributed by atoms with Crippen molar-refractivity contribution in [1.82, 2.24) is 14.3 Å². The van der Waals surface area contributed by atoms with E-state index < -0.39 is 0 Å². The first-order valence-corrected chi connectivity index (χ1v) is 9.35. The van der Waals surface area contributed by atoms with Crippen LogP contribution in [0.1, 0.15) is 27.3 Å². The molecule has 0 fully saturated rings. The first kappa shape index (κ1) is 16.6. The second kappa shape index (κ2) is 6.53. The summed E-state index contributed by atoms with van der Waals surface area (Å²) < 4.78 is 4.02. The Labute approximate surface area is 163 Å². The molecule has 0 aliphatic carbocycles. The Balaban J connectivity index is 1.50. The molecule has 2 aromatic heterocycles. The molecule has 5 nitrogen and oxygen atoms in total. The lowest BCUT2D eigenvalue weighted by atomic mass is 10.1. The van der Waals surface area contributed by atoms with Crippen molar-refractivity contribution in [3.63, 3.8) is 0 Å². The van der Waals surface area contributed by atoms with E-state index in [4.69, 9.17) is 0 Å². The fourth-order valence-corrected chi connectivity index (χ4v) is 3.74. The zero-order valence-electron chi connectivity index (χ0n) is 15.6. The number of hydrogen-bond acceptors (Lipinski definition) is 2. The molecule has 3 heterocycles. The number of anilines is 1. The highest BCUT2D eigenvalue weighted by Gasteiger charge is 2.24. The van der Waals surface area contributed by atoms with Crippen molar-refractivity contribution in [1.29, 1.82) is 0 Å². The van der Waals surface area contributed by atoms with Crippen LogP contribution in [0.25, 0.3) is 5.69 Å². The van der Waals surface area contributed by atoms with Gasteiger partial charge in [0.1, 0.15) is 0 Å². The predicted molar refractivity (Wildman–Crippen MR) is 109 cm³/mol. The van der Waals surface area contributed by atoms with Crippen LogP contribution in [0.3, 0.4) is 0 Å². The molecule has 5 rings (SSSR count). The van der Waals surface area contributed by atoms with Crippen LogP contribution >= 0.6 is 0 Å². The van der Waals surface area contributed by atoms with Gasteiger partial charge in [-0.3, -0.25) is 4.79 Å². The fourth-order valence-electron chi connectivity index (χ4n) is 3.74. The van der Waals surface area contributed by atoms with Gasteiger partial charge in [-0.1, -0.05) is 18.2 Å². The number of carbonyl (C=O) groups is 1. The molecule has 0 bridgehead atoms. The first-order chi connectivity index (χ1) is 13.7. The number of hydrogen-bond donors (Lipinski definition) is 0. The Morgan fingerprint density at radius 1 is 0.893 bits per heavy atom. The van der Waals surface area contributed by atoms with Crippen LogP contribution in [0.15, 0.2) is 79.1 Å². The largest absolute Gasteiger partial charge is 0.345 e. The van der Waals surface area contributed by atoms with Crippen LogP contribution in [-0.4, -0.2) is 20.3 Å². The van der Waals surface area contributed by atoms with Gasteiger partial charge in [0, 0.05) is 35.9 Å². The zero-order chi connectivity index (χ0) is 19.1. The van der Waals surface area contributed by atoms with E-state index in [-0.39, 0.29) is 5.91 Å². The van der Waals surface area contributed by atoms with Crippen molar-refractivity contribution in [3.05, 3.63) is 102 Å². The molecule has 5 heteroatoms. The van der Waals surface area contributed by atoms with Crippen LogP contribution in [0.2, 0.25) is 0 Å². The molecule has 0 saturated carbocycles. The van der Waals surface area contributed by atoms with Crippen molar-refractivity contribution in [3.8, 4) is 5.69 Å². The second-order valence-electron chi connectivity index (χ2n) is 7.10. The highest BCUT2D eigenvalue weighted by molar-refractivity contribution is 6.06.